The Kier molecular flexibility index (Phi) is 4.79. The number of phenolic OH excluding ortho intramolecular Hbond substituents is 1. The molecule has 0 atom stereocenters. The van der Waals surface area contributed by atoms with Crippen molar-refractivity contribution in [1.29, 1.82) is 0 Å². The molecule has 4 nitrogen and oxygen atoms in total. The lowest BCUT2D eigenvalue weighted by Crippen LogP contribution is -2.48. The molecule has 0 spiro atoms. The van der Waals surface area contributed by atoms with Gasteiger partial charge in [0, 0.05) is 37.4 Å². The van der Waals surface area contributed by atoms with Crippen molar-refractivity contribution in [2.24, 2.45) is 0 Å². The van der Waals surface area contributed by atoms with Crippen LogP contribution in [0.15, 0.2) is 78.9 Å². The molecule has 0 unspecified atom stereocenters. The predicted molar refractivity (Wildman–Crippen MR) is 108 cm³/mol. The minimum absolute atomic E-state index is 0.0833. The summed E-state index contributed by atoms with van der Waals surface area (Å²) in [5.41, 5.74) is 4.07. The summed E-state index contributed by atoms with van der Waals surface area (Å²) in [5, 5.41) is 9.42. The number of hydrogen-bond donors (Lipinski definition) is 1. The molecule has 0 aromatic heterocycles. The molecule has 0 bridgehead atoms. The monoisotopic (exact) mass is 358 g/mol. The number of hydrogen-bond acceptors (Lipinski definition) is 3. The molecular weight excluding hydrogens is 336 g/mol. The van der Waals surface area contributed by atoms with Gasteiger partial charge in [-0.05, 0) is 47.5 Å². The molecule has 1 aliphatic heterocycles. The molecule has 4 heteroatoms. The van der Waals surface area contributed by atoms with Gasteiger partial charge in [0.2, 0.25) is 0 Å². The van der Waals surface area contributed by atoms with Crippen molar-refractivity contribution in [2.45, 2.75) is 0 Å². The molecule has 0 aliphatic carbocycles. The lowest BCUT2D eigenvalue weighted by atomic mass is 10.0. The summed E-state index contributed by atoms with van der Waals surface area (Å²) < 4.78 is 0. The van der Waals surface area contributed by atoms with Crippen molar-refractivity contribution in [1.82, 2.24) is 4.90 Å². The Labute approximate surface area is 159 Å². The van der Waals surface area contributed by atoms with Gasteiger partial charge in [0.25, 0.3) is 5.91 Å². The minimum atomic E-state index is 0.0833. The third-order valence-corrected chi connectivity index (χ3v) is 5.02. The van der Waals surface area contributed by atoms with E-state index in [4.69, 9.17) is 0 Å². The molecule has 136 valence electrons. The first-order valence-corrected chi connectivity index (χ1v) is 9.19. The van der Waals surface area contributed by atoms with E-state index in [0.29, 0.717) is 13.1 Å². The first-order chi connectivity index (χ1) is 13.2. The zero-order chi connectivity index (χ0) is 18.6. The first kappa shape index (κ1) is 17.2. The molecule has 4 rings (SSSR count). The Morgan fingerprint density at radius 2 is 1.30 bits per heavy atom. The van der Waals surface area contributed by atoms with Crippen molar-refractivity contribution in [3.63, 3.8) is 0 Å². The van der Waals surface area contributed by atoms with Crippen LogP contribution in [-0.2, 0) is 0 Å². The Morgan fingerprint density at radius 3 is 1.93 bits per heavy atom. The highest BCUT2D eigenvalue weighted by molar-refractivity contribution is 5.95. The van der Waals surface area contributed by atoms with Crippen molar-refractivity contribution >= 4 is 11.6 Å². The van der Waals surface area contributed by atoms with Crippen LogP contribution < -0.4 is 4.90 Å². The predicted octanol–water partition coefficient (Wildman–Crippen LogP) is 4.02. The molecule has 1 N–H and O–H groups in total. The van der Waals surface area contributed by atoms with Crippen LogP contribution in [0.25, 0.3) is 11.1 Å². The van der Waals surface area contributed by atoms with E-state index in [1.165, 1.54) is 0 Å². The van der Waals surface area contributed by atoms with Gasteiger partial charge in [-0.2, -0.15) is 0 Å². The number of amides is 1. The summed E-state index contributed by atoms with van der Waals surface area (Å²) in [4.78, 5) is 17.0. The maximum atomic E-state index is 12.8. The number of anilines is 1. The quantitative estimate of drug-likeness (QED) is 0.769. The van der Waals surface area contributed by atoms with Crippen LogP contribution in [0.1, 0.15) is 10.4 Å². The van der Waals surface area contributed by atoms with Crippen LogP contribution in [0.5, 0.6) is 5.75 Å². The smallest absolute Gasteiger partial charge is 0.253 e. The van der Waals surface area contributed by atoms with E-state index in [-0.39, 0.29) is 11.7 Å². The van der Waals surface area contributed by atoms with Gasteiger partial charge in [-0.25, -0.2) is 0 Å². The highest BCUT2D eigenvalue weighted by Crippen LogP contribution is 2.22. The molecule has 3 aromatic carbocycles. The summed E-state index contributed by atoms with van der Waals surface area (Å²) in [6.07, 6.45) is 0. The van der Waals surface area contributed by atoms with Gasteiger partial charge in [-0.3, -0.25) is 4.79 Å². The molecule has 3 aromatic rings. The largest absolute Gasteiger partial charge is 0.508 e. The number of phenols is 1. The highest BCUT2D eigenvalue weighted by Gasteiger charge is 2.22. The van der Waals surface area contributed by atoms with Crippen LogP contribution in [0.2, 0.25) is 0 Å². The summed E-state index contributed by atoms with van der Waals surface area (Å²) >= 11 is 0. The second-order valence-electron chi connectivity index (χ2n) is 6.74. The fourth-order valence-electron chi connectivity index (χ4n) is 3.45. The molecule has 1 fully saturated rings. The average molecular weight is 358 g/mol. The van der Waals surface area contributed by atoms with Crippen molar-refractivity contribution in [3.8, 4) is 16.9 Å². The van der Waals surface area contributed by atoms with Gasteiger partial charge in [-0.15, -0.1) is 0 Å². The van der Waals surface area contributed by atoms with E-state index in [1.54, 1.807) is 12.1 Å². The molecule has 1 aliphatic rings. The van der Waals surface area contributed by atoms with Crippen LogP contribution in [-0.4, -0.2) is 42.1 Å². The third-order valence-electron chi connectivity index (χ3n) is 5.02. The second kappa shape index (κ2) is 7.54. The van der Waals surface area contributed by atoms with Crippen LogP contribution >= 0.6 is 0 Å². The lowest BCUT2D eigenvalue weighted by Gasteiger charge is -2.36. The van der Waals surface area contributed by atoms with E-state index in [2.05, 4.69) is 17.0 Å². The van der Waals surface area contributed by atoms with Crippen molar-refractivity contribution in [3.05, 3.63) is 84.4 Å². The summed E-state index contributed by atoms with van der Waals surface area (Å²) in [7, 11) is 0. The SMILES string of the molecule is O=C(c1ccc(-c2ccccc2)cc1)N1CCN(c2ccc(O)cc2)CC1. The van der Waals surface area contributed by atoms with Gasteiger partial charge < -0.3 is 14.9 Å². The number of nitrogens with zero attached hydrogens (tertiary/aromatic N) is 2. The Balaban J connectivity index is 1.40. The van der Waals surface area contributed by atoms with E-state index >= 15 is 0 Å². The summed E-state index contributed by atoms with van der Waals surface area (Å²) in [6, 6.07) is 25.2. The topological polar surface area (TPSA) is 43.8 Å². The van der Waals surface area contributed by atoms with Gasteiger partial charge in [0.1, 0.15) is 5.75 Å². The number of aromatic hydroxyl groups is 1. The number of carbonyl (C=O) groups excluding carboxylic acids is 1. The zero-order valence-electron chi connectivity index (χ0n) is 15.1. The van der Waals surface area contributed by atoms with Crippen LogP contribution in [0, 0.1) is 0 Å². The molecular formula is C23H22N2O2. The Bertz CT molecular complexity index is 897. The maximum absolute atomic E-state index is 12.8. The lowest BCUT2D eigenvalue weighted by molar-refractivity contribution is 0.0747. The normalized spacial score (nSPS) is 14.2. The van der Waals surface area contributed by atoms with Crippen LogP contribution in [0.3, 0.4) is 0 Å². The van der Waals surface area contributed by atoms with E-state index < -0.39 is 0 Å². The van der Waals surface area contributed by atoms with Gasteiger partial charge >= 0.3 is 0 Å². The average Bonchev–Trinajstić information content (AvgIpc) is 2.75. The molecule has 1 saturated heterocycles. The standard InChI is InChI=1S/C23H22N2O2/c26-22-12-10-21(11-13-22)24-14-16-25(17-15-24)23(27)20-8-6-19(7-9-20)18-4-2-1-3-5-18/h1-13,26H,14-17H2. The molecule has 1 heterocycles. The minimum Gasteiger partial charge on any atom is -0.508 e. The Hall–Kier alpha value is -3.27. The fourth-order valence-corrected chi connectivity index (χ4v) is 3.45. The second-order valence-corrected chi connectivity index (χ2v) is 6.74. The van der Waals surface area contributed by atoms with Crippen molar-refractivity contribution < 1.29 is 9.90 Å². The maximum Gasteiger partial charge on any atom is 0.253 e. The van der Waals surface area contributed by atoms with Gasteiger partial charge in [0.15, 0.2) is 0 Å². The third kappa shape index (κ3) is 3.80. The summed E-state index contributed by atoms with van der Waals surface area (Å²) in [5.74, 6) is 0.353. The number of carbonyl (C=O) groups is 1. The zero-order valence-corrected chi connectivity index (χ0v) is 15.1. The number of rotatable bonds is 3. The van der Waals surface area contributed by atoms with Gasteiger partial charge in [-0.1, -0.05) is 42.5 Å². The van der Waals surface area contributed by atoms with E-state index in [9.17, 15) is 9.90 Å². The number of piperazine rings is 1. The van der Waals surface area contributed by atoms with Gasteiger partial charge in [0.05, 0.1) is 0 Å². The van der Waals surface area contributed by atoms with Crippen LogP contribution in [0.4, 0.5) is 5.69 Å². The molecule has 0 radical (unpaired) electrons. The van der Waals surface area contributed by atoms with Crippen molar-refractivity contribution in [2.75, 3.05) is 31.1 Å². The first-order valence-electron chi connectivity index (χ1n) is 9.19. The molecule has 0 saturated carbocycles. The van der Waals surface area contributed by atoms with E-state index in [1.807, 2.05) is 59.5 Å². The molecule has 27 heavy (non-hydrogen) atoms. The number of benzene rings is 3. The summed E-state index contributed by atoms with van der Waals surface area (Å²) in [6.45, 7) is 2.97. The Morgan fingerprint density at radius 1 is 0.704 bits per heavy atom. The molecule has 1 amide bonds. The fraction of sp³-hybridized carbons (Fsp3) is 0.174. The highest BCUT2D eigenvalue weighted by atomic mass is 16.3. The van der Waals surface area contributed by atoms with E-state index in [0.717, 1.165) is 35.5 Å².